The Bertz CT molecular complexity index is 797. The second-order valence-electron chi connectivity index (χ2n) is 6.75. The van der Waals surface area contributed by atoms with E-state index in [0.29, 0.717) is 6.42 Å². The summed E-state index contributed by atoms with van der Waals surface area (Å²) in [5.41, 5.74) is 6.61. The molecule has 1 aliphatic rings. The molecule has 0 aromatic heterocycles. The van der Waals surface area contributed by atoms with E-state index in [-0.39, 0.29) is 18.4 Å². The van der Waals surface area contributed by atoms with E-state index in [9.17, 15) is 9.59 Å². The minimum atomic E-state index is -0.897. The highest BCUT2D eigenvalue weighted by molar-refractivity contribution is 5.78. The van der Waals surface area contributed by atoms with Crippen LogP contribution in [0.1, 0.15) is 42.9 Å². The number of amides is 1. The van der Waals surface area contributed by atoms with Crippen LogP contribution in [0.5, 0.6) is 0 Å². The van der Waals surface area contributed by atoms with Gasteiger partial charge in [-0.25, -0.2) is 0 Å². The number of hydrogen-bond donors (Lipinski definition) is 2. The van der Waals surface area contributed by atoms with E-state index in [1.807, 2.05) is 0 Å². The molecule has 0 fully saturated rings. The molecule has 130 valence electrons. The van der Waals surface area contributed by atoms with E-state index < -0.39 is 5.97 Å². The van der Waals surface area contributed by atoms with E-state index in [4.69, 9.17) is 5.11 Å². The summed E-state index contributed by atoms with van der Waals surface area (Å²) in [7, 11) is 0. The average molecular weight is 337 g/mol. The summed E-state index contributed by atoms with van der Waals surface area (Å²) in [6.07, 6.45) is 2.96. The number of rotatable bonds is 7. The van der Waals surface area contributed by atoms with Gasteiger partial charge in [0, 0.05) is 12.5 Å². The van der Waals surface area contributed by atoms with Crippen molar-refractivity contribution in [3.05, 3.63) is 59.2 Å². The summed E-state index contributed by atoms with van der Waals surface area (Å²) < 4.78 is 0. The molecule has 4 heteroatoms. The van der Waals surface area contributed by atoms with Gasteiger partial charge in [0.25, 0.3) is 0 Å². The number of carboxylic acid groups (broad SMARTS) is 1. The van der Waals surface area contributed by atoms with Crippen LogP contribution in [0, 0.1) is 0 Å². The van der Waals surface area contributed by atoms with E-state index in [0.717, 1.165) is 19.3 Å². The standard InChI is InChI=1S/C21H23NO3/c1-14(11-21(24)25)22-20(23)8-4-5-15-9-10-17-13-16-6-2-3-7-18(16)19(17)12-15/h2-3,6-7,9-10,12,14H,4-5,8,11,13H2,1H3,(H,22,23)(H,24,25). The van der Waals surface area contributed by atoms with Gasteiger partial charge in [0.05, 0.1) is 6.42 Å². The fourth-order valence-electron chi connectivity index (χ4n) is 3.44. The van der Waals surface area contributed by atoms with E-state index in [2.05, 4.69) is 47.8 Å². The van der Waals surface area contributed by atoms with Gasteiger partial charge in [0.15, 0.2) is 0 Å². The van der Waals surface area contributed by atoms with Crippen LogP contribution in [0.15, 0.2) is 42.5 Å². The minimum absolute atomic E-state index is 0.0457. The van der Waals surface area contributed by atoms with Crippen molar-refractivity contribution in [1.82, 2.24) is 5.32 Å². The Balaban J connectivity index is 1.54. The lowest BCUT2D eigenvalue weighted by atomic mass is 10.00. The maximum Gasteiger partial charge on any atom is 0.305 e. The van der Waals surface area contributed by atoms with Gasteiger partial charge in [-0.1, -0.05) is 42.5 Å². The maximum atomic E-state index is 11.9. The Morgan fingerprint density at radius 2 is 1.88 bits per heavy atom. The lowest BCUT2D eigenvalue weighted by molar-refractivity contribution is -0.137. The molecule has 0 spiro atoms. The summed E-state index contributed by atoms with van der Waals surface area (Å²) >= 11 is 0. The van der Waals surface area contributed by atoms with Crippen molar-refractivity contribution in [2.75, 3.05) is 0 Å². The number of nitrogens with one attached hydrogen (secondary N) is 1. The Hall–Kier alpha value is -2.62. The number of benzene rings is 2. The van der Waals surface area contributed by atoms with Crippen LogP contribution in [-0.2, 0) is 22.4 Å². The first-order valence-electron chi connectivity index (χ1n) is 8.74. The molecular weight excluding hydrogens is 314 g/mol. The largest absolute Gasteiger partial charge is 0.481 e. The van der Waals surface area contributed by atoms with Crippen LogP contribution in [0.3, 0.4) is 0 Å². The van der Waals surface area contributed by atoms with Crippen LogP contribution in [0.2, 0.25) is 0 Å². The number of carbonyl (C=O) groups excluding carboxylic acids is 1. The molecular formula is C21H23NO3. The first kappa shape index (κ1) is 17.2. The van der Waals surface area contributed by atoms with Crippen molar-refractivity contribution in [3.8, 4) is 11.1 Å². The van der Waals surface area contributed by atoms with E-state index in [1.54, 1.807) is 6.92 Å². The van der Waals surface area contributed by atoms with Crippen molar-refractivity contribution < 1.29 is 14.7 Å². The summed E-state index contributed by atoms with van der Waals surface area (Å²) in [4.78, 5) is 22.5. The monoisotopic (exact) mass is 337 g/mol. The maximum absolute atomic E-state index is 11.9. The molecule has 25 heavy (non-hydrogen) atoms. The smallest absolute Gasteiger partial charge is 0.305 e. The third-order valence-electron chi connectivity index (χ3n) is 4.62. The Morgan fingerprint density at radius 1 is 1.12 bits per heavy atom. The van der Waals surface area contributed by atoms with Gasteiger partial charge in [-0.2, -0.15) is 0 Å². The first-order valence-corrected chi connectivity index (χ1v) is 8.74. The SMILES string of the molecule is CC(CC(=O)O)NC(=O)CCCc1ccc2c(c1)-c1ccccc1C2. The highest BCUT2D eigenvalue weighted by atomic mass is 16.4. The molecule has 1 aliphatic carbocycles. The number of carbonyl (C=O) groups is 2. The summed E-state index contributed by atoms with van der Waals surface area (Å²) in [5.74, 6) is -0.980. The molecule has 3 rings (SSSR count). The van der Waals surface area contributed by atoms with Gasteiger partial charge in [-0.15, -0.1) is 0 Å². The Labute approximate surface area is 147 Å². The van der Waals surface area contributed by atoms with Crippen LogP contribution in [0.4, 0.5) is 0 Å². The number of hydrogen-bond acceptors (Lipinski definition) is 2. The predicted octanol–water partition coefficient (Wildman–Crippen LogP) is 3.56. The molecule has 1 unspecified atom stereocenters. The van der Waals surface area contributed by atoms with Crippen LogP contribution >= 0.6 is 0 Å². The van der Waals surface area contributed by atoms with Gasteiger partial charge >= 0.3 is 5.97 Å². The minimum Gasteiger partial charge on any atom is -0.481 e. The Kier molecular flexibility index (Phi) is 5.17. The number of carboxylic acids is 1. The molecule has 4 nitrogen and oxygen atoms in total. The highest BCUT2D eigenvalue weighted by Crippen LogP contribution is 2.36. The Morgan fingerprint density at radius 3 is 2.68 bits per heavy atom. The molecule has 1 atom stereocenters. The molecule has 0 saturated carbocycles. The van der Waals surface area contributed by atoms with Crippen molar-refractivity contribution in [3.63, 3.8) is 0 Å². The third kappa shape index (κ3) is 4.27. The summed E-state index contributed by atoms with van der Waals surface area (Å²) in [5, 5.41) is 11.4. The van der Waals surface area contributed by atoms with Gasteiger partial charge in [0.1, 0.15) is 0 Å². The second-order valence-corrected chi connectivity index (χ2v) is 6.75. The first-order chi connectivity index (χ1) is 12.0. The zero-order chi connectivity index (χ0) is 17.8. The molecule has 0 radical (unpaired) electrons. The summed E-state index contributed by atoms with van der Waals surface area (Å²) in [6, 6.07) is 14.8. The van der Waals surface area contributed by atoms with Crippen molar-refractivity contribution in [2.24, 2.45) is 0 Å². The quantitative estimate of drug-likeness (QED) is 0.693. The molecule has 2 N–H and O–H groups in total. The lowest BCUT2D eigenvalue weighted by Crippen LogP contribution is -2.34. The third-order valence-corrected chi connectivity index (χ3v) is 4.62. The number of aryl methyl sites for hydroxylation is 1. The molecule has 0 aliphatic heterocycles. The van der Waals surface area contributed by atoms with Gasteiger partial charge in [-0.3, -0.25) is 9.59 Å². The number of fused-ring (bicyclic) bond motifs is 3. The van der Waals surface area contributed by atoms with Crippen molar-refractivity contribution >= 4 is 11.9 Å². The van der Waals surface area contributed by atoms with Crippen LogP contribution < -0.4 is 5.32 Å². The van der Waals surface area contributed by atoms with Crippen molar-refractivity contribution in [1.29, 1.82) is 0 Å². The van der Waals surface area contributed by atoms with Crippen LogP contribution in [0.25, 0.3) is 11.1 Å². The topological polar surface area (TPSA) is 66.4 Å². The molecule has 2 aromatic carbocycles. The zero-order valence-corrected chi connectivity index (χ0v) is 14.4. The van der Waals surface area contributed by atoms with Gasteiger partial charge in [-0.05, 0) is 54.0 Å². The normalized spacial score (nSPS) is 13.0. The fourth-order valence-corrected chi connectivity index (χ4v) is 3.44. The predicted molar refractivity (Wildman–Crippen MR) is 97.5 cm³/mol. The molecule has 0 saturated heterocycles. The molecule has 0 bridgehead atoms. The zero-order valence-electron chi connectivity index (χ0n) is 14.4. The summed E-state index contributed by atoms with van der Waals surface area (Å²) in [6.45, 7) is 1.71. The van der Waals surface area contributed by atoms with Gasteiger partial charge < -0.3 is 10.4 Å². The lowest BCUT2D eigenvalue weighted by Gasteiger charge is -2.11. The molecule has 0 heterocycles. The van der Waals surface area contributed by atoms with Crippen molar-refractivity contribution in [2.45, 2.75) is 45.1 Å². The van der Waals surface area contributed by atoms with E-state index >= 15 is 0 Å². The number of aliphatic carboxylic acids is 1. The van der Waals surface area contributed by atoms with E-state index in [1.165, 1.54) is 27.8 Å². The highest BCUT2D eigenvalue weighted by Gasteiger charge is 2.18. The van der Waals surface area contributed by atoms with Gasteiger partial charge in [0.2, 0.25) is 5.91 Å². The average Bonchev–Trinajstić information content (AvgIpc) is 2.92. The second kappa shape index (κ2) is 7.51. The fraction of sp³-hybridized carbons (Fsp3) is 0.333. The molecule has 1 amide bonds. The van der Waals surface area contributed by atoms with Crippen LogP contribution in [-0.4, -0.2) is 23.0 Å². The molecule has 2 aromatic rings.